The monoisotopic (exact) mass is 474 g/mol. The van der Waals surface area contributed by atoms with E-state index in [1.54, 1.807) is 6.20 Å². The van der Waals surface area contributed by atoms with Crippen LogP contribution in [-0.4, -0.2) is 44.1 Å². The molecular weight excluding hydrogens is 448 g/mol. The molecule has 2 aromatic carbocycles. The minimum atomic E-state index is -0.277. The summed E-state index contributed by atoms with van der Waals surface area (Å²) in [6.07, 6.45) is 7.49. The third-order valence-corrected chi connectivity index (χ3v) is 6.57. The van der Waals surface area contributed by atoms with Crippen LogP contribution in [0.25, 0.3) is 22.0 Å². The number of H-pyrrole nitrogens is 1. The van der Waals surface area contributed by atoms with E-state index in [1.807, 2.05) is 60.9 Å². The molecule has 178 valence electrons. The number of hydrogen-bond acceptors (Lipinski definition) is 5. The molecule has 5 aromatic rings. The number of amides is 1. The predicted molar refractivity (Wildman–Crippen MR) is 141 cm³/mol. The Morgan fingerprint density at radius 1 is 0.917 bits per heavy atom. The Bertz CT molecular complexity index is 1510. The molecule has 36 heavy (non-hydrogen) atoms. The molecule has 0 aliphatic carbocycles. The van der Waals surface area contributed by atoms with Gasteiger partial charge in [0, 0.05) is 42.0 Å². The van der Waals surface area contributed by atoms with Crippen LogP contribution in [-0.2, 0) is 13.0 Å². The van der Waals surface area contributed by atoms with Gasteiger partial charge in [-0.2, -0.15) is 5.10 Å². The van der Waals surface area contributed by atoms with E-state index >= 15 is 0 Å². The Balaban J connectivity index is 1.19. The van der Waals surface area contributed by atoms with Crippen molar-refractivity contribution in [1.82, 2.24) is 25.1 Å². The normalized spacial score (nSPS) is 13.4. The van der Waals surface area contributed by atoms with E-state index in [4.69, 9.17) is 0 Å². The average Bonchev–Trinajstić information content (AvgIpc) is 3.32. The number of rotatable bonds is 7. The van der Waals surface area contributed by atoms with Crippen molar-refractivity contribution in [2.75, 3.05) is 18.4 Å². The van der Waals surface area contributed by atoms with Crippen molar-refractivity contribution >= 4 is 22.5 Å². The number of carbonyl (C=O) groups excluding carboxylic acids is 1. The first-order chi connectivity index (χ1) is 17.7. The smallest absolute Gasteiger partial charge is 0.276 e. The Morgan fingerprint density at radius 3 is 2.58 bits per heavy atom. The number of hydrogen-bond donors (Lipinski definition) is 2. The molecule has 0 spiro atoms. The van der Waals surface area contributed by atoms with Gasteiger partial charge in [0.15, 0.2) is 5.69 Å². The van der Waals surface area contributed by atoms with Crippen LogP contribution in [0.4, 0.5) is 5.69 Å². The predicted octanol–water partition coefficient (Wildman–Crippen LogP) is 5.07. The summed E-state index contributed by atoms with van der Waals surface area (Å²) >= 11 is 0. The number of nitrogens with zero attached hydrogens (tertiary/aromatic N) is 4. The molecule has 3 aromatic heterocycles. The fraction of sp³-hybridized carbons (Fsp3) is 0.172. The summed E-state index contributed by atoms with van der Waals surface area (Å²) < 4.78 is 0. The lowest BCUT2D eigenvalue weighted by molar-refractivity contribution is 0.102. The maximum Gasteiger partial charge on any atom is 0.276 e. The lowest BCUT2D eigenvalue weighted by atomic mass is 10.0. The van der Waals surface area contributed by atoms with Gasteiger partial charge in [-0.05, 0) is 66.5 Å². The van der Waals surface area contributed by atoms with Crippen molar-refractivity contribution in [2.45, 2.75) is 19.4 Å². The van der Waals surface area contributed by atoms with Crippen molar-refractivity contribution in [3.05, 3.63) is 108 Å². The topological polar surface area (TPSA) is 86.8 Å². The van der Waals surface area contributed by atoms with Gasteiger partial charge in [-0.25, -0.2) is 0 Å². The zero-order valence-corrected chi connectivity index (χ0v) is 19.8. The van der Waals surface area contributed by atoms with Crippen molar-refractivity contribution in [3.63, 3.8) is 0 Å². The van der Waals surface area contributed by atoms with Crippen molar-refractivity contribution in [2.24, 2.45) is 0 Å². The van der Waals surface area contributed by atoms with Gasteiger partial charge in [0.2, 0.25) is 0 Å². The van der Waals surface area contributed by atoms with Gasteiger partial charge >= 0.3 is 0 Å². The summed E-state index contributed by atoms with van der Waals surface area (Å²) in [5.74, 6) is -0.277. The second-order valence-electron chi connectivity index (χ2n) is 9.20. The SMILES string of the molecule is O=C(Nc1ccc(Cc2ccccc2)nc1)c1n[nH]c2ccc(-c3cncc(CN4CCC4)c3)cc12. The van der Waals surface area contributed by atoms with Gasteiger partial charge in [-0.15, -0.1) is 0 Å². The third kappa shape index (κ3) is 4.74. The minimum Gasteiger partial charge on any atom is -0.319 e. The number of aromatic nitrogens is 4. The van der Waals surface area contributed by atoms with E-state index in [9.17, 15) is 4.79 Å². The zero-order valence-electron chi connectivity index (χ0n) is 19.8. The Hall–Kier alpha value is -4.36. The van der Waals surface area contributed by atoms with E-state index in [-0.39, 0.29) is 5.91 Å². The largest absolute Gasteiger partial charge is 0.319 e. The van der Waals surface area contributed by atoms with Crippen LogP contribution in [0, 0.1) is 0 Å². The molecule has 1 amide bonds. The number of aromatic amines is 1. The van der Waals surface area contributed by atoms with Gasteiger partial charge < -0.3 is 5.32 Å². The standard InChI is InChI=1S/C29H26N6O/c36-29(32-25-9-8-24(31-18-25)14-20-5-2-1-3-6-20)28-26-15-22(7-10-27(26)33-34-28)23-13-21(16-30-17-23)19-35-11-4-12-35/h1-3,5-10,13,15-18H,4,11-12,14,19H2,(H,32,36)(H,33,34). The molecule has 0 atom stereocenters. The molecule has 1 aliphatic rings. The number of nitrogens with one attached hydrogen (secondary N) is 2. The van der Waals surface area contributed by atoms with Crippen LogP contribution in [0.3, 0.4) is 0 Å². The second-order valence-corrected chi connectivity index (χ2v) is 9.20. The van der Waals surface area contributed by atoms with Crippen LogP contribution in [0.2, 0.25) is 0 Å². The fourth-order valence-corrected chi connectivity index (χ4v) is 4.49. The maximum atomic E-state index is 13.1. The van der Waals surface area contributed by atoms with Gasteiger partial charge in [0.05, 0.1) is 17.4 Å². The quantitative estimate of drug-likeness (QED) is 0.344. The summed E-state index contributed by atoms with van der Waals surface area (Å²) in [6.45, 7) is 3.21. The summed E-state index contributed by atoms with van der Waals surface area (Å²) in [5.41, 5.74) is 7.16. The van der Waals surface area contributed by atoms with Crippen LogP contribution in [0.1, 0.15) is 33.7 Å². The highest BCUT2D eigenvalue weighted by Gasteiger charge is 2.17. The molecule has 7 nitrogen and oxygen atoms in total. The van der Waals surface area contributed by atoms with E-state index in [0.717, 1.165) is 53.8 Å². The molecule has 2 N–H and O–H groups in total. The van der Waals surface area contributed by atoms with E-state index in [2.05, 4.69) is 48.6 Å². The maximum absolute atomic E-state index is 13.1. The first kappa shape index (κ1) is 22.1. The summed E-state index contributed by atoms with van der Waals surface area (Å²) in [5, 5.41) is 11.0. The molecule has 7 heteroatoms. The van der Waals surface area contributed by atoms with Gasteiger partial charge in [-0.1, -0.05) is 36.4 Å². The molecule has 6 rings (SSSR count). The third-order valence-electron chi connectivity index (χ3n) is 6.57. The summed E-state index contributed by atoms with van der Waals surface area (Å²) in [6, 6.07) is 22.2. The molecule has 1 saturated heterocycles. The van der Waals surface area contributed by atoms with Crippen LogP contribution in [0.5, 0.6) is 0 Å². The highest BCUT2D eigenvalue weighted by molar-refractivity contribution is 6.11. The Morgan fingerprint density at radius 2 is 1.81 bits per heavy atom. The van der Waals surface area contributed by atoms with Crippen molar-refractivity contribution in [3.8, 4) is 11.1 Å². The fourth-order valence-electron chi connectivity index (χ4n) is 4.49. The van der Waals surface area contributed by atoms with Gasteiger partial charge in [0.1, 0.15) is 0 Å². The Kier molecular flexibility index (Phi) is 5.97. The molecule has 0 radical (unpaired) electrons. The molecule has 0 saturated carbocycles. The van der Waals surface area contributed by atoms with Gasteiger partial charge in [-0.3, -0.25) is 24.8 Å². The molecule has 0 unspecified atom stereocenters. The van der Waals surface area contributed by atoms with Crippen molar-refractivity contribution in [1.29, 1.82) is 0 Å². The molecular formula is C29H26N6O. The number of pyridine rings is 2. The van der Waals surface area contributed by atoms with E-state index < -0.39 is 0 Å². The number of likely N-dealkylation sites (tertiary alicyclic amines) is 1. The lowest BCUT2D eigenvalue weighted by Gasteiger charge is -2.30. The summed E-state index contributed by atoms with van der Waals surface area (Å²) in [4.78, 5) is 24.5. The van der Waals surface area contributed by atoms with E-state index in [0.29, 0.717) is 11.4 Å². The highest BCUT2D eigenvalue weighted by atomic mass is 16.1. The first-order valence-electron chi connectivity index (χ1n) is 12.2. The molecule has 0 bridgehead atoms. The number of fused-ring (bicyclic) bond motifs is 1. The summed E-state index contributed by atoms with van der Waals surface area (Å²) in [7, 11) is 0. The molecule has 1 aliphatic heterocycles. The minimum absolute atomic E-state index is 0.277. The van der Waals surface area contributed by atoms with Crippen LogP contribution < -0.4 is 5.32 Å². The highest BCUT2D eigenvalue weighted by Crippen LogP contribution is 2.27. The van der Waals surface area contributed by atoms with Crippen LogP contribution >= 0.6 is 0 Å². The second kappa shape index (κ2) is 9.71. The number of benzene rings is 2. The lowest BCUT2D eigenvalue weighted by Crippen LogP contribution is -2.36. The number of anilines is 1. The van der Waals surface area contributed by atoms with Crippen molar-refractivity contribution < 1.29 is 4.79 Å². The number of carbonyl (C=O) groups is 1. The van der Waals surface area contributed by atoms with E-state index in [1.165, 1.54) is 17.5 Å². The average molecular weight is 475 g/mol. The first-order valence-corrected chi connectivity index (χ1v) is 12.2. The molecule has 4 heterocycles. The van der Waals surface area contributed by atoms with Crippen LogP contribution in [0.15, 0.2) is 85.3 Å². The Labute approximate surface area is 209 Å². The molecule has 1 fully saturated rings. The zero-order chi connectivity index (χ0) is 24.3. The van der Waals surface area contributed by atoms with Gasteiger partial charge in [0.25, 0.3) is 5.91 Å².